The van der Waals surface area contributed by atoms with E-state index in [0.29, 0.717) is 16.3 Å². The summed E-state index contributed by atoms with van der Waals surface area (Å²) in [5, 5.41) is 11.3. The fraction of sp³-hybridized carbons (Fsp3) is 0.250. The van der Waals surface area contributed by atoms with Crippen LogP contribution in [-0.2, 0) is 0 Å². The first-order valence-corrected chi connectivity index (χ1v) is 7.37. The maximum absolute atomic E-state index is 6.20. The molecule has 3 aromatic rings. The van der Waals surface area contributed by atoms with Crippen molar-refractivity contribution >= 4 is 22.6 Å². The van der Waals surface area contributed by atoms with E-state index in [1.807, 2.05) is 18.2 Å². The zero-order valence-electron chi connectivity index (χ0n) is 11.7. The summed E-state index contributed by atoms with van der Waals surface area (Å²) in [6.07, 6.45) is 1.95. The number of benzene rings is 2. The second-order valence-corrected chi connectivity index (χ2v) is 5.35. The van der Waals surface area contributed by atoms with E-state index in [-0.39, 0.29) is 6.10 Å². The standard InChI is InChI=1S/C16H16ClN3O/c1-2-6-14(11-7-4-3-5-8-11)21-15-10-12(17)9-13-16(15)19-20-18-13/h3-5,7-10,14H,2,6H2,1H3,(H,18,19,20)/t14-/m1/s1. The molecular formula is C16H16ClN3O. The molecule has 0 aliphatic rings. The highest BCUT2D eigenvalue weighted by atomic mass is 35.5. The van der Waals surface area contributed by atoms with Gasteiger partial charge in [-0.2, -0.15) is 0 Å². The first-order chi connectivity index (χ1) is 10.3. The predicted molar refractivity (Wildman–Crippen MR) is 83.6 cm³/mol. The molecule has 1 heterocycles. The highest BCUT2D eigenvalue weighted by molar-refractivity contribution is 6.31. The number of aromatic nitrogens is 3. The van der Waals surface area contributed by atoms with Crippen LogP contribution in [0.5, 0.6) is 5.75 Å². The Labute approximate surface area is 128 Å². The zero-order chi connectivity index (χ0) is 14.7. The monoisotopic (exact) mass is 301 g/mol. The van der Waals surface area contributed by atoms with Crippen molar-refractivity contribution in [2.75, 3.05) is 0 Å². The van der Waals surface area contributed by atoms with Gasteiger partial charge in [0.25, 0.3) is 0 Å². The van der Waals surface area contributed by atoms with Crippen LogP contribution in [0, 0.1) is 0 Å². The minimum atomic E-state index is -0.0128. The third-order valence-electron chi connectivity index (χ3n) is 3.36. The second kappa shape index (κ2) is 6.14. The summed E-state index contributed by atoms with van der Waals surface area (Å²) in [5.41, 5.74) is 2.64. The van der Waals surface area contributed by atoms with Crippen molar-refractivity contribution in [3.8, 4) is 5.75 Å². The molecule has 0 aliphatic carbocycles. The van der Waals surface area contributed by atoms with Crippen LogP contribution in [0.2, 0.25) is 5.02 Å². The molecule has 4 nitrogen and oxygen atoms in total. The topological polar surface area (TPSA) is 50.8 Å². The first kappa shape index (κ1) is 13.9. The Balaban J connectivity index is 1.96. The lowest BCUT2D eigenvalue weighted by Gasteiger charge is -2.19. The van der Waals surface area contributed by atoms with Gasteiger partial charge < -0.3 is 4.74 Å². The molecule has 1 N–H and O–H groups in total. The summed E-state index contributed by atoms with van der Waals surface area (Å²) < 4.78 is 6.20. The van der Waals surface area contributed by atoms with Gasteiger partial charge in [0.15, 0.2) is 0 Å². The summed E-state index contributed by atoms with van der Waals surface area (Å²) in [7, 11) is 0. The van der Waals surface area contributed by atoms with E-state index in [2.05, 4.69) is 34.5 Å². The second-order valence-electron chi connectivity index (χ2n) is 4.92. The molecule has 2 aromatic carbocycles. The van der Waals surface area contributed by atoms with Gasteiger partial charge in [0.2, 0.25) is 0 Å². The fourth-order valence-electron chi connectivity index (χ4n) is 2.36. The maximum atomic E-state index is 6.20. The lowest BCUT2D eigenvalue weighted by molar-refractivity contribution is 0.196. The molecule has 5 heteroatoms. The molecule has 0 unspecified atom stereocenters. The third-order valence-corrected chi connectivity index (χ3v) is 3.58. The zero-order valence-corrected chi connectivity index (χ0v) is 12.5. The van der Waals surface area contributed by atoms with Crippen LogP contribution in [-0.4, -0.2) is 15.4 Å². The van der Waals surface area contributed by atoms with Crippen molar-refractivity contribution in [2.24, 2.45) is 0 Å². The highest BCUT2D eigenvalue weighted by Gasteiger charge is 2.15. The van der Waals surface area contributed by atoms with Crippen molar-refractivity contribution in [1.82, 2.24) is 15.4 Å². The number of ether oxygens (including phenoxy) is 1. The van der Waals surface area contributed by atoms with Crippen LogP contribution in [0.4, 0.5) is 0 Å². The summed E-state index contributed by atoms with van der Waals surface area (Å²) in [6.45, 7) is 2.14. The molecule has 0 fully saturated rings. The van der Waals surface area contributed by atoms with Crippen LogP contribution in [0.15, 0.2) is 42.5 Å². The molecule has 0 radical (unpaired) electrons. The molecule has 0 saturated heterocycles. The van der Waals surface area contributed by atoms with Gasteiger partial charge in [0, 0.05) is 11.1 Å². The lowest BCUT2D eigenvalue weighted by Crippen LogP contribution is -2.07. The van der Waals surface area contributed by atoms with E-state index in [1.54, 1.807) is 12.1 Å². The van der Waals surface area contributed by atoms with Crippen LogP contribution in [0.1, 0.15) is 31.4 Å². The van der Waals surface area contributed by atoms with Crippen molar-refractivity contribution in [3.05, 3.63) is 53.1 Å². The van der Waals surface area contributed by atoms with Crippen molar-refractivity contribution in [2.45, 2.75) is 25.9 Å². The number of aromatic amines is 1. The minimum Gasteiger partial charge on any atom is -0.483 e. The number of halogens is 1. The molecule has 0 spiro atoms. The molecule has 1 atom stereocenters. The van der Waals surface area contributed by atoms with Gasteiger partial charge >= 0.3 is 0 Å². The van der Waals surface area contributed by atoms with Gasteiger partial charge in [-0.15, -0.1) is 5.10 Å². The number of nitrogens with one attached hydrogen (secondary N) is 1. The van der Waals surface area contributed by atoms with Gasteiger partial charge in [-0.25, -0.2) is 0 Å². The van der Waals surface area contributed by atoms with Gasteiger partial charge in [-0.1, -0.05) is 60.5 Å². The summed E-state index contributed by atoms with van der Waals surface area (Å²) in [6, 6.07) is 13.8. The van der Waals surface area contributed by atoms with Crippen LogP contribution in [0.25, 0.3) is 11.0 Å². The molecule has 0 aliphatic heterocycles. The van der Waals surface area contributed by atoms with E-state index in [4.69, 9.17) is 16.3 Å². The molecule has 0 bridgehead atoms. The summed E-state index contributed by atoms with van der Waals surface area (Å²) in [4.78, 5) is 0. The average Bonchev–Trinajstić information content (AvgIpc) is 2.96. The summed E-state index contributed by atoms with van der Waals surface area (Å²) in [5.74, 6) is 0.685. The Morgan fingerprint density at radius 2 is 2.05 bits per heavy atom. The number of hydrogen-bond acceptors (Lipinski definition) is 3. The normalized spacial score (nSPS) is 12.5. The van der Waals surface area contributed by atoms with Gasteiger partial charge in [0.05, 0.1) is 0 Å². The Morgan fingerprint density at radius 3 is 2.81 bits per heavy atom. The first-order valence-electron chi connectivity index (χ1n) is 7.00. The Kier molecular flexibility index (Phi) is 4.06. The van der Waals surface area contributed by atoms with E-state index in [1.165, 1.54) is 0 Å². The largest absolute Gasteiger partial charge is 0.483 e. The van der Waals surface area contributed by atoms with E-state index in [0.717, 1.165) is 23.9 Å². The van der Waals surface area contributed by atoms with Gasteiger partial charge in [-0.05, 0) is 18.1 Å². The Morgan fingerprint density at radius 1 is 1.24 bits per heavy atom. The molecule has 0 amide bonds. The Bertz CT molecular complexity index is 727. The van der Waals surface area contributed by atoms with Crippen LogP contribution >= 0.6 is 11.6 Å². The van der Waals surface area contributed by atoms with Gasteiger partial charge in [0.1, 0.15) is 22.9 Å². The Hall–Kier alpha value is -2.07. The number of H-pyrrole nitrogens is 1. The summed E-state index contributed by atoms with van der Waals surface area (Å²) >= 11 is 6.13. The SMILES string of the molecule is CCC[C@@H](Oc1cc(Cl)cc2nn[nH]c12)c1ccccc1. The van der Waals surface area contributed by atoms with Crippen molar-refractivity contribution in [1.29, 1.82) is 0 Å². The van der Waals surface area contributed by atoms with Crippen LogP contribution < -0.4 is 4.74 Å². The quantitative estimate of drug-likeness (QED) is 0.753. The minimum absolute atomic E-state index is 0.0128. The maximum Gasteiger partial charge on any atom is 0.149 e. The van der Waals surface area contributed by atoms with Crippen LogP contribution in [0.3, 0.4) is 0 Å². The van der Waals surface area contributed by atoms with Crippen molar-refractivity contribution < 1.29 is 4.74 Å². The molecular weight excluding hydrogens is 286 g/mol. The number of fused-ring (bicyclic) bond motifs is 1. The predicted octanol–water partition coefficient (Wildman–Crippen LogP) is 4.53. The average molecular weight is 302 g/mol. The molecule has 1 aromatic heterocycles. The smallest absolute Gasteiger partial charge is 0.149 e. The molecule has 108 valence electrons. The third kappa shape index (κ3) is 3.00. The van der Waals surface area contributed by atoms with Gasteiger partial charge in [-0.3, -0.25) is 5.10 Å². The highest BCUT2D eigenvalue weighted by Crippen LogP contribution is 2.32. The lowest BCUT2D eigenvalue weighted by atomic mass is 10.1. The van der Waals surface area contributed by atoms with E-state index in [9.17, 15) is 0 Å². The van der Waals surface area contributed by atoms with E-state index >= 15 is 0 Å². The number of hydrogen-bond donors (Lipinski definition) is 1. The van der Waals surface area contributed by atoms with E-state index < -0.39 is 0 Å². The number of rotatable bonds is 5. The van der Waals surface area contributed by atoms with Crippen molar-refractivity contribution in [3.63, 3.8) is 0 Å². The molecule has 3 rings (SSSR count). The number of nitrogens with zero attached hydrogens (tertiary/aromatic N) is 2. The fourth-order valence-corrected chi connectivity index (χ4v) is 2.56. The molecule has 21 heavy (non-hydrogen) atoms. The molecule has 0 saturated carbocycles.